The molecule has 102 valence electrons. The maximum atomic E-state index is 11.9. The molecule has 3 heteroatoms. The quantitative estimate of drug-likeness (QED) is 0.402. The Hall–Kier alpha value is 0.200. The summed E-state index contributed by atoms with van der Waals surface area (Å²) >= 11 is -1.50. The third-order valence-electron chi connectivity index (χ3n) is 3.18. The molecule has 0 aromatic carbocycles. The van der Waals surface area contributed by atoms with Crippen LogP contribution >= 0.6 is 19.8 Å². The van der Waals surface area contributed by atoms with Crippen LogP contribution in [0.25, 0.3) is 0 Å². The van der Waals surface area contributed by atoms with Crippen LogP contribution in [0.1, 0.15) is 59.3 Å². The van der Waals surface area contributed by atoms with Crippen LogP contribution in [0.3, 0.4) is 0 Å². The molecule has 0 heterocycles. The molecule has 1 aliphatic rings. The topological polar surface area (TPSA) is 26.3 Å². The van der Waals surface area contributed by atoms with Gasteiger partial charge in [0.05, 0.1) is 0 Å². The van der Waals surface area contributed by atoms with Crippen LogP contribution in [-0.4, -0.2) is 18.9 Å². The van der Waals surface area contributed by atoms with E-state index in [0.717, 1.165) is 10.3 Å². The molecule has 0 radical (unpaired) electrons. The van der Waals surface area contributed by atoms with E-state index in [1.807, 2.05) is 20.8 Å². The van der Waals surface area contributed by atoms with E-state index in [1.165, 1.54) is 38.5 Å². The molecule has 0 saturated heterocycles. The predicted octanol–water partition coefficient (Wildman–Crippen LogP) is 5.03. The Labute approximate surface area is 113 Å². The zero-order valence-corrected chi connectivity index (χ0v) is 13.9. The van der Waals surface area contributed by atoms with Crippen molar-refractivity contribution in [2.75, 3.05) is 9.36 Å². The van der Waals surface area contributed by atoms with Gasteiger partial charge in [-0.3, -0.25) is 0 Å². The van der Waals surface area contributed by atoms with E-state index in [0.29, 0.717) is 0 Å². The molecule has 17 heavy (non-hydrogen) atoms. The molecule has 0 aliphatic heterocycles. The van der Waals surface area contributed by atoms with Gasteiger partial charge in [0.2, 0.25) is 0 Å². The van der Waals surface area contributed by atoms with Crippen molar-refractivity contribution < 1.29 is 9.53 Å². The van der Waals surface area contributed by atoms with E-state index in [9.17, 15) is 4.79 Å². The summed E-state index contributed by atoms with van der Waals surface area (Å²) in [7, 11) is 0. The fraction of sp³-hybridized carbons (Fsp3) is 0.929. The first-order valence-corrected chi connectivity index (χ1v) is 11.4. The number of rotatable bonds is 4. The van der Waals surface area contributed by atoms with Crippen LogP contribution in [0.4, 0.5) is 4.79 Å². The number of hydrogen-bond acceptors (Lipinski definition) is 2. The van der Waals surface area contributed by atoms with Crippen molar-refractivity contribution in [2.24, 2.45) is 5.92 Å². The second-order valence-electron chi connectivity index (χ2n) is 6.02. The molecular formula is C14H27IO2. The standard InChI is InChI=1S/C14H27IO2/c1-14(2,3)17-13(16)15(4)11-10-12-8-6-5-7-9-12/h12H,5-11H2,1-4H3. The Bertz CT molecular complexity index is 239. The number of halogens is 1. The van der Waals surface area contributed by atoms with Gasteiger partial charge in [0.25, 0.3) is 0 Å². The first-order valence-electron chi connectivity index (χ1n) is 6.67. The summed E-state index contributed by atoms with van der Waals surface area (Å²) < 4.78 is 6.74. The predicted molar refractivity (Wildman–Crippen MR) is 82.2 cm³/mol. The van der Waals surface area contributed by atoms with Crippen molar-refractivity contribution in [1.29, 1.82) is 0 Å². The van der Waals surface area contributed by atoms with E-state index < -0.39 is 19.8 Å². The van der Waals surface area contributed by atoms with Gasteiger partial charge in [-0.1, -0.05) is 0 Å². The Kier molecular flexibility index (Phi) is 6.24. The molecule has 0 aromatic heterocycles. The minimum absolute atomic E-state index is 0.123. The second kappa shape index (κ2) is 6.95. The summed E-state index contributed by atoms with van der Waals surface area (Å²) in [5.41, 5.74) is -0.312. The SMILES string of the molecule is CI(CCC1CCCCC1)C(=O)OC(C)(C)C. The summed E-state index contributed by atoms with van der Waals surface area (Å²) in [5, 5.41) is 0. The molecule has 1 fully saturated rings. The number of carbonyl (C=O) groups excluding carboxylic acids is 1. The summed E-state index contributed by atoms with van der Waals surface area (Å²) in [6, 6.07) is 0. The van der Waals surface area contributed by atoms with E-state index >= 15 is 0 Å². The molecule has 1 saturated carbocycles. The van der Waals surface area contributed by atoms with Crippen molar-refractivity contribution in [3.8, 4) is 0 Å². The van der Waals surface area contributed by atoms with E-state index in [-0.39, 0.29) is 9.58 Å². The summed E-state index contributed by atoms with van der Waals surface area (Å²) in [6.45, 7) is 5.86. The third kappa shape index (κ3) is 6.63. The molecule has 0 unspecified atom stereocenters. The van der Waals surface area contributed by atoms with Crippen molar-refractivity contribution in [2.45, 2.75) is 64.9 Å². The zero-order valence-electron chi connectivity index (χ0n) is 11.7. The van der Waals surface area contributed by atoms with Gasteiger partial charge < -0.3 is 0 Å². The molecule has 0 spiro atoms. The molecule has 1 rings (SSSR count). The number of hydrogen-bond donors (Lipinski definition) is 0. The van der Waals surface area contributed by atoms with Gasteiger partial charge >= 0.3 is 113 Å². The fourth-order valence-corrected chi connectivity index (χ4v) is 5.47. The van der Waals surface area contributed by atoms with Crippen molar-refractivity contribution >= 4 is 23.8 Å². The zero-order chi connectivity index (χ0) is 12.9. The summed E-state index contributed by atoms with van der Waals surface area (Å²) in [4.78, 5) is 14.0. The second-order valence-corrected chi connectivity index (χ2v) is 11.4. The first kappa shape index (κ1) is 15.3. The number of carbonyl (C=O) groups is 1. The van der Waals surface area contributed by atoms with Gasteiger partial charge in [0.1, 0.15) is 0 Å². The third-order valence-corrected chi connectivity index (χ3v) is 7.14. The Morgan fingerprint density at radius 2 is 1.82 bits per heavy atom. The summed E-state index contributed by atoms with van der Waals surface area (Å²) in [5.74, 6) is 0.894. The van der Waals surface area contributed by atoms with Crippen molar-refractivity contribution in [1.82, 2.24) is 0 Å². The van der Waals surface area contributed by atoms with Gasteiger partial charge in [-0.2, -0.15) is 0 Å². The van der Waals surface area contributed by atoms with Gasteiger partial charge in [-0.25, -0.2) is 0 Å². The van der Waals surface area contributed by atoms with Crippen LogP contribution in [0.2, 0.25) is 0 Å². The van der Waals surface area contributed by atoms with Crippen LogP contribution < -0.4 is 0 Å². The van der Waals surface area contributed by atoms with Gasteiger partial charge in [-0.05, 0) is 0 Å². The molecule has 0 N–H and O–H groups in total. The fourth-order valence-electron chi connectivity index (χ4n) is 2.18. The van der Waals surface area contributed by atoms with Crippen LogP contribution in [0, 0.1) is 5.92 Å². The molecular weight excluding hydrogens is 327 g/mol. The molecule has 0 aromatic rings. The van der Waals surface area contributed by atoms with Gasteiger partial charge in [-0.15, -0.1) is 0 Å². The molecule has 0 bridgehead atoms. The average molecular weight is 354 g/mol. The minimum atomic E-state index is -1.50. The van der Waals surface area contributed by atoms with Crippen LogP contribution in [0.15, 0.2) is 0 Å². The van der Waals surface area contributed by atoms with Gasteiger partial charge in [0, 0.05) is 0 Å². The monoisotopic (exact) mass is 354 g/mol. The first-order chi connectivity index (χ1) is 7.88. The van der Waals surface area contributed by atoms with E-state index in [1.54, 1.807) is 0 Å². The molecule has 2 nitrogen and oxygen atoms in total. The van der Waals surface area contributed by atoms with Gasteiger partial charge in [0.15, 0.2) is 0 Å². The number of alkyl halides is 2. The van der Waals surface area contributed by atoms with E-state index in [2.05, 4.69) is 4.93 Å². The van der Waals surface area contributed by atoms with Crippen LogP contribution in [-0.2, 0) is 4.74 Å². The average Bonchev–Trinajstić information content (AvgIpc) is 2.25. The Balaban J connectivity index is 2.23. The van der Waals surface area contributed by atoms with Crippen molar-refractivity contribution in [3.05, 3.63) is 0 Å². The van der Waals surface area contributed by atoms with Crippen molar-refractivity contribution in [3.63, 3.8) is 0 Å². The van der Waals surface area contributed by atoms with E-state index in [4.69, 9.17) is 4.74 Å². The molecule has 1 aliphatic carbocycles. The maximum absolute atomic E-state index is 11.9. The summed E-state index contributed by atoms with van der Waals surface area (Å²) in [6.07, 6.45) is 8.25. The number of ether oxygens (including phenoxy) is 1. The normalized spacial score (nSPS) is 18.9. The molecule has 0 amide bonds. The Morgan fingerprint density at radius 3 is 2.35 bits per heavy atom. The molecule has 0 atom stereocenters. The van der Waals surface area contributed by atoms with Crippen LogP contribution in [0.5, 0.6) is 0 Å². The Morgan fingerprint density at radius 1 is 1.24 bits per heavy atom.